The zero-order valence-corrected chi connectivity index (χ0v) is 15.9. The van der Waals surface area contributed by atoms with Gasteiger partial charge in [-0.2, -0.15) is 0 Å². The maximum atomic E-state index is 12.2. The predicted octanol–water partition coefficient (Wildman–Crippen LogP) is 2.80. The van der Waals surface area contributed by atoms with E-state index in [9.17, 15) is 13.2 Å². The van der Waals surface area contributed by atoms with Crippen LogP contribution in [0, 0.1) is 6.92 Å². The standard InChI is InChI=1S/C20H24N2O3S/c1-15-5-3-4-6-16(15)13-20(23)21-17-7-9-18(10-8-17)22(2)19-11-12-26(24,25)14-19/h3-10,19H,11-14H2,1-2H3,(H,21,23). The number of rotatable bonds is 5. The van der Waals surface area contributed by atoms with Gasteiger partial charge in [-0.25, -0.2) is 8.42 Å². The summed E-state index contributed by atoms with van der Waals surface area (Å²) in [5.74, 6) is 0.412. The van der Waals surface area contributed by atoms with Gasteiger partial charge in [-0.1, -0.05) is 24.3 Å². The van der Waals surface area contributed by atoms with Crippen LogP contribution in [-0.4, -0.2) is 38.9 Å². The van der Waals surface area contributed by atoms with Gasteiger partial charge in [-0.3, -0.25) is 4.79 Å². The monoisotopic (exact) mass is 372 g/mol. The number of anilines is 2. The van der Waals surface area contributed by atoms with Crippen LogP contribution >= 0.6 is 0 Å². The van der Waals surface area contributed by atoms with Crippen LogP contribution in [0.1, 0.15) is 17.5 Å². The van der Waals surface area contributed by atoms with Gasteiger partial charge in [0.15, 0.2) is 9.84 Å². The lowest BCUT2D eigenvalue weighted by atomic mass is 10.1. The number of sulfone groups is 1. The Labute approximate surface area is 154 Å². The summed E-state index contributed by atoms with van der Waals surface area (Å²) in [5.41, 5.74) is 3.80. The fraction of sp³-hybridized carbons (Fsp3) is 0.350. The first-order chi connectivity index (χ1) is 12.3. The van der Waals surface area contributed by atoms with Crippen LogP contribution < -0.4 is 10.2 Å². The van der Waals surface area contributed by atoms with Gasteiger partial charge in [0.1, 0.15) is 0 Å². The summed E-state index contributed by atoms with van der Waals surface area (Å²) in [5, 5.41) is 2.91. The number of benzene rings is 2. The van der Waals surface area contributed by atoms with Crippen LogP contribution in [0.15, 0.2) is 48.5 Å². The topological polar surface area (TPSA) is 66.5 Å². The molecular formula is C20H24N2O3S. The van der Waals surface area contributed by atoms with Crippen molar-refractivity contribution in [2.75, 3.05) is 28.8 Å². The van der Waals surface area contributed by atoms with Crippen molar-refractivity contribution in [2.24, 2.45) is 0 Å². The van der Waals surface area contributed by atoms with Crippen LogP contribution in [0.5, 0.6) is 0 Å². The summed E-state index contributed by atoms with van der Waals surface area (Å²) in [6.07, 6.45) is 1.00. The van der Waals surface area contributed by atoms with Crippen molar-refractivity contribution in [3.05, 3.63) is 59.7 Å². The highest BCUT2D eigenvalue weighted by Gasteiger charge is 2.30. The lowest BCUT2D eigenvalue weighted by Gasteiger charge is -2.25. The molecule has 1 aliphatic rings. The highest BCUT2D eigenvalue weighted by Crippen LogP contribution is 2.24. The van der Waals surface area contributed by atoms with Gasteiger partial charge in [0.05, 0.1) is 17.9 Å². The van der Waals surface area contributed by atoms with Crippen LogP contribution in [-0.2, 0) is 21.1 Å². The van der Waals surface area contributed by atoms with Gasteiger partial charge in [0, 0.05) is 24.5 Å². The molecule has 1 unspecified atom stereocenters. The molecule has 0 aliphatic carbocycles. The second kappa shape index (κ2) is 7.50. The van der Waals surface area contributed by atoms with E-state index >= 15 is 0 Å². The fourth-order valence-corrected chi connectivity index (χ4v) is 5.03. The fourth-order valence-electron chi connectivity index (χ4n) is 3.26. The molecule has 6 heteroatoms. The van der Waals surface area contributed by atoms with Gasteiger partial charge < -0.3 is 10.2 Å². The van der Waals surface area contributed by atoms with Crippen molar-refractivity contribution in [1.29, 1.82) is 0 Å². The minimum absolute atomic E-state index is 0.0153. The third-order valence-corrected chi connectivity index (χ3v) is 6.68. The predicted molar refractivity (Wildman–Crippen MR) is 105 cm³/mol. The van der Waals surface area contributed by atoms with Crippen LogP contribution in [0.4, 0.5) is 11.4 Å². The number of nitrogens with one attached hydrogen (secondary N) is 1. The number of aryl methyl sites for hydroxylation is 1. The van der Waals surface area contributed by atoms with Gasteiger partial charge in [-0.05, 0) is 48.7 Å². The normalized spacial score (nSPS) is 18.5. The van der Waals surface area contributed by atoms with Crippen molar-refractivity contribution in [3.63, 3.8) is 0 Å². The Hall–Kier alpha value is -2.34. The number of nitrogens with zero attached hydrogens (tertiary/aromatic N) is 1. The summed E-state index contributed by atoms with van der Waals surface area (Å²) in [6.45, 7) is 2.00. The quantitative estimate of drug-likeness (QED) is 0.876. The molecule has 26 heavy (non-hydrogen) atoms. The van der Waals surface area contributed by atoms with E-state index < -0.39 is 9.84 Å². The molecule has 1 heterocycles. The van der Waals surface area contributed by atoms with E-state index in [1.807, 2.05) is 67.4 Å². The molecule has 1 amide bonds. The third-order valence-electron chi connectivity index (χ3n) is 4.93. The van der Waals surface area contributed by atoms with Crippen LogP contribution in [0.2, 0.25) is 0 Å². The second-order valence-electron chi connectivity index (χ2n) is 6.87. The Morgan fingerprint density at radius 3 is 2.46 bits per heavy atom. The molecule has 1 aliphatic heterocycles. The summed E-state index contributed by atoms with van der Waals surface area (Å²) in [4.78, 5) is 14.2. The van der Waals surface area contributed by atoms with E-state index in [1.165, 1.54) is 0 Å². The largest absolute Gasteiger partial charge is 0.371 e. The average Bonchev–Trinajstić information content (AvgIpc) is 2.97. The molecule has 0 bridgehead atoms. The van der Waals surface area contributed by atoms with E-state index in [0.29, 0.717) is 12.8 Å². The first-order valence-corrected chi connectivity index (χ1v) is 10.5. The minimum Gasteiger partial charge on any atom is -0.371 e. The Kier molecular flexibility index (Phi) is 5.32. The van der Waals surface area contributed by atoms with Crippen molar-refractivity contribution in [3.8, 4) is 0 Å². The second-order valence-corrected chi connectivity index (χ2v) is 9.09. The molecular weight excluding hydrogens is 348 g/mol. The molecule has 2 aromatic carbocycles. The number of amides is 1. The zero-order valence-electron chi connectivity index (χ0n) is 15.1. The van der Waals surface area contributed by atoms with E-state index in [4.69, 9.17) is 0 Å². The van der Waals surface area contributed by atoms with E-state index in [2.05, 4.69) is 5.32 Å². The molecule has 138 valence electrons. The highest BCUT2D eigenvalue weighted by molar-refractivity contribution is 7.91. The van der Waals surface area contributed by atoms with Crippen LogP contribution in [0.25, 0.3) is 0 Å². The molecule has 0 aromatic heterocycles. The summed E-state index contributed by atoms with van der Waals surface area (Å²) < 4.78 is 23.3. The molecule has 0 spiro atoms. The Morgan fingerprint density at radius 1 is 1.15 bits per heavy atom. The molecule has 1 fully saturated rings. The number of hydrogen-bond donors (Lipinski definition) is 1. The van der Waals surface area contributed by atoms with Crippen molar-refractivity contribution in [2.45, 2.75) is 25.8 Å². The molecule has 0 saturated carbocycles. The van der Waals surface area contributed by atoms with E-state index in [-0.39, 0.29) is 23.5 Å². The molecule has 0 radical (unpaired) electrons. The van der Waals surface area contributed by atoms with Crippen molar-refractivity contribution >= 4 is 27.1 Å². The molecule has 3 rings (SSSR count). The van der Waals surface area contributed by atoms with Gasteiger partial charge >= 0.3 is 0 Å². The molecule has 5 nitrogen and oxygen atoms in total. The Bertz CT molecular complexity index is 892. The lowest BCUT2D eigenvalue weighted by molar-refractivity contribution is -0.115. The maximum absolute atomic E-state index is 12.2. The first-order valence-electron chi connectivity index (χ1n) is 8.72. The Balaban J connectivity index is 1.61. The first kappa shape index (κ1) is 18.5. The minimum atomic E-state index is -2.90. The summed E-state index contributed by atoms with van der Waals surface area (Å²) in [6, 6.07) is 15.4. The van der Waals surface area contributed by atoms with Gasteiger partial charge in [0.2, 0.25) is 5.91 Å². The smallest absolute Gasteiger partial charge is 0.228 e. The van der Waals surface area contributed by atoms with E-state index in [1.54, 1.807) is 0 Å². The number of carbonyl (C=O) groups is 1. The summed E-state index contributed by atoms with van der Waals surface area (Å²) >= 11 is 0. The SMILES string of the molecule is Cc1ccccc1CC(=O)Nc1ccc(N(C)C2CCS(=O)(=O)C2)cc1. The van der Waals surface area contributed by atoms with Crippen molar-refractivity contribution < 1.29 is 13.2 Å². The summed E-state index contributed by atoms with van der Waals surface area (Å²) in [7, 11) is -0.991. The average molecular weight is 372 g/mol. The zero-order chi connectivity index (χ0) is 18.7. The molecule has 2 aromatic rings. The maximum Gasteiger partial charge on any atom is 0.228 e. The lowest BCUT2D eigenvalue weighted by Crippen LogP contribution is -2.32. The molecule has 1 N–H and O–H groups in total. The van der Waals surface area contributed by atoms with Gasteiger partial charge in [0.25, 0.3) is 0 Å². The number of hydrogen-bond acceptors (Lipinski definition) is 4. The van der Waals surface area contributed by atoms with Crippen LogP contribution in [0.3, 0.4) is 0 Å². The third kappa shape index (κ3) is 4.43. The molecule has 1 atom stereocenters. The van der Waals surface area contributed by atoms with E-state index in [0.717, 1.165) is 22.5 Å². The number of carbonyl (C=O) groups excluding carboxylic acids is 1. The Morgan fingerprint density at radius 2 is 1.85 bits per heavy atom. The highest BCUT2D eigenvalue weighted by atomic mass is 32.2. The van der Waals surface area contributed by atoms with Gasteiger partial charge in [-0.15, -0.1) is 0 Å². The van der Waals surface area contributed by atoms with Crippen molar-refractivity contribution in [1.82, 2.24) is 0 Å². The molecule has 1 saturated heterocycles.